The first-order valence-electron chi connectivity index (χ1n) is 6.95. The third-order valence-electron chi connectivity index (χ3n) is 3.08. The molecule has 2 rings (SSSR count). The maximum atomic E-state index is 11.9. The molecule has 0 aliphatic carbocycles. The number of carbonyl (C=O) groups excluding carboxylic acids is 2. The molecule has 2 aromatic carbocycles. The summed E-state index contributed by atoms with van der Waals surface area (Å²) in [6, 6.07) is 14.0. The smallest absolute Gasteiger partial charge is 0.251 e. The summed E-state index contributed by atoms with van der Waals surface area (Å²) >= 11 is 5.77. The fourth-order valence-electron chi connectivity index (χ4n) is 1.94. The number of halogens is 1. The molecule has 0 saturated heterocycles. The Labute approximate surface area is 134 Å². The van der Waals surface area contributed by atoms with Crippen LogP contribution in [0, 0.1) is 6.92 Å². The molecular weight excluding hydrogens is 300 g/mol. The maximum Gasteiger partial charge on any atom is 0.251 e. The van der Waals surface area contributed by atoms with Gasteiger partial charge in [-0.25, -0.2) is 0 Å². The van der Waals surface area contributed by atoms with E-state index in [9.17, 15) is 9.59 Å². The highest BCUT2D eigenvalue weighted by Gasteiger charge is 2.06. The van der Waals surface area contributed by atoms with E-state index in [0.717, 1.165) is 5.56 Å². The first-order valence-corrected chi connectivity index (χ1v) is 7.33. The van der Waals surface area contributed by atoms with Crippen LogP contribution < -0.4 is 10.6 Å². The van der Waals surface area contributed by atoms with Crippen molar-refractivity contribution < 1.29 is 9.59 Å². The molecule has 0 fully saturated rings. The highest BCUT2D eigenvalue weighted by molar-refractivity contribution is 6.30. The molecule has 2 amide bonds. The van der Waals surface area contributed by atoms with E-state index in [1.165, 1.54) is 0 Å². The molecule has 0 atom stereocenters. The Morgan fingerprint density at radius 1 is 0.909 bits per heavy atom. The molecule has 0 aliphatic heterocycles. The molecule has 0 aromatic heterocycles. The molecular formula is C17H17ClN2O2. The quantitative estimate of drug-likeness (QED) is 0.833. The van der Waals surface area contributed by atoms with Crippen molar-refractivity contribution in [2.45, 2.75) is 6.92 Å². The van der Waals surface area contributed by atoms with Gasteiger partial charge in [0.05, 0.1) is 0 Å². The van der Waals surface area contributed by atoms with Gasteiger partial charge in [0.25, 0.3) is 11.8 Å². The van der Waals surface area contributed by atoms with Crippen LogP contribution in [0.25, 0.3) is 0 Å². The monoisotopic (exact) mass is 316 g/mol. The second-order valence-corrected chi connectivity index (χ2v) is 5.32. The van der Waals surface area contributed by atoms with E-state index in [-0.39, 0.29) is 11.8 Å². The summed E-state index contributed by atoms with van der Waals surface area (Å²) in [6.07, 6.45) is 0. The van der Waals surface area contributed by atoms with Gasteiger partial charge in [-0.3, -0.25) is 9.59 Å². The number of benzene rings is 2. The zero-order valence-corrected chi connectivity index (χ0v) is 13.0. The Balaban J connectivity index is 1.76. The van der Waals surface area contributed by atoms with Gasteiger partial charge in [0.1, 0.15) is 0 Å². The summed E-state index contributed by atoms with van der Waals surface area (Å²) in [5.74, 6) is -0.342. The Kier molecular flexibility index (Phi) is 5.55. The predicted octanol–water partition coefficient (Wildman–Crippen LogP) is 2.81. The lowest BCUT2D eigenvalue weighted by Crippen LogP contribution is -2.34. The average Bonchev–Trinajstić information content (AvgIpc) is 2.51. The molecule has 2 aromatic rings. The summed E-state index contributed by atoms with van der Waals surface area (Å²) in [5, 5.41) is 6.09. The van der Waals surface area contributed by atoms with Crippen LogP contribution in [0.1, 0.15) is 26.3 Å². The molecule has 0 spiro atoms. The van der Waals surface area contributed by atoms with Crippen molar-refractivity contribution in [3.8, 4) is 0 Å². The van der Waals surface area contributed by atoms with Gasteiger partial charge in [-0.15, -0.1) is 0 Å². The van der Waals surface area contributed by atoms with Crippen molar-refractivity contribution in [2.75, 3.05) is 13.1 Å². The van der Waals surface area contributed by atoms with Crippen LogP contribution >= 0.6 is 11.6 Å². The van der Waals surface area contributed by atoms with Crippen molar-refractivity contribution in [1.82, 2.24) is 10.6 Å². The molecule has 0 heterocycles. The highest BCUT2D eigenvalue weighted by Crippen LogP contribution is 2.09. The van der Waals surface area contributed by atoms with Crippen molar-refractivity contribution in [3.63, 3.8) is 0 Å². The fourth-order valence-corrected chi connectivity index (χ4v) is 2.07. The van der Waals surface area contributed by atoms with Crippen LogP contribution in [-0.2, 0) is 0 Å². The van der Waals surface area contributed by atoms with Gasteiger partial charge in [-0.2, -0.15) is 0 Å². The lowest BCUT2D eigenvalue weighted by Gasteiger charge is -2.08. The zero-order chi connectivity index (χ0) is 15.9. The SMILES string of the molecule is Cc1cccc(C(=O)NCCNC(=O)c2ccc(Cl)cc2)c1. The number of hydrogen-bond donors (Lipinski definition) is 2. The molecule has 4 nitrogen and oxygen atoms in total. The molecule has 0 saturated carbocycles. The summed E-state index contributed by atoms with van der Waals surface area (Å²) in [6.45, 7) is 2.66. The molecule has 0 unspecified atom stereocenters. The minimum Gasteiger partial charge on any atom is -0.350 e. The Hall–Kier alpha value is -2.33. The Morgan fingerprint density at radius 3 is 2.09 bits per heavy atom. The number of amides is 2. The summed E-state index contributed by atoms with van der Waals surface area (Å²) in [7, 11) is 0. The number of aryl methyl sites for hydroxylation is 1. The minimum atomic E-state index is -0.193. The first kappa shape index (κ1) is 16.0. The van der Waals surface area contributed by atoms with E-state index < -0.39 is 0 Å². The van der Waals surface area contributed by atoms with Gasteiger partial charge in [0.15, 0.2) is 0 Å². The molecule has 114 valence electrons. The number of nitrogens with one attached hydrogen (secondary N) is 2. The third-order valence-corrected chi connectivity index (χ3v) is 3.33. The standard InChI is InChI=1S/C17H17ClN2O2/c1-12-3-2-4-14(11-12)17(22)20-10-9-19-16(21)13-5-7-15(18)8-6-13/h2-8,11H,9-10H2,1H3,(H,19,21)(H,20,22). The largest absolute Gasteiger partial charge is 0.350 e. The lowest BCUT2D eigenvalue weighted by molar-refractivity contribution is 0.0927. The van der Waals surface area contributed by atoms with E-state index in [2.05, 4.69) is 10.6 Å². The van der Waals surface area contributed by atoms with E-state index >= 15 is 0 Å². The van der Waals surface area contributed by atoms with Crippen LogP contribution in [0.3, 0.4) is 0 Å². The predicted molar refractivity (Wildman–Crippen MR) is 87.3 cm³/mol. The van der Waals surface area contributed by atoms with Crippen molar-refractivity contribution >= 4 is 23.4 Å². The maximum absolute atomic E-state index is 11.9. The van der Waals surface area contributed by atoms with Crippen LogP contribution in [0.4, 0.5) is 0 Å². The second-order valence-electron chi connectivity index (χ2n) is 4.89. The van der Waals surface area contributed by atoms with Crippen molar-refractivity contribution in [3.05, 3.63) is 70.2 Å². The Bertz CT molecular complexity index is 669. The highest BCUT2D eigenvalue weighted by atomic mass is 35.5. The zero-order valence-electron chi connectivity index (χ0n) is 12.2. The number of carbonyl (C=O) groups is 2. The lowest BCUT2D eigenvalue weighted by atomic mass is 10.1. The van der Waals surface area contributed by atoms with Gasteiger partial charge in [0.2, 0.25) is 0 Å². The third kappa shape index (κ3) is 4.60. The Morgan fingerprint density at radius 2 is 1.50 bits per heavy atom. The molecule has 0 aliphatic rings. The fraction of sp³-hybridized carbons (Fsp3) is 0.176. The summed E-state index contributed by atoms with van der Waals surface area (Å²) in [4.78, 5) is 23.8. The van der Waals surface area contributed by atoms with Crippen LogP contribution in [0.15, 0.2) is 48.5 Å². The van der Waals surface area contributed by atoms with Crippen molar-refractivity contribution in [2.24, 2.45) is 0 Å². The number of rotatable bonds is 5. The van der Waals surface area contributed by atoms with E-state index in [4.69, 9.17) is 11.6 Å². The molecule has 2 N–H and O–H groups in total. The van der Waals surface area contributed by atoms with Gasteiger partial charge in [-0.1, -0.05) is 29.3 Å². The van der Waals surface area contributed by atoms with Crippen LogP contribution in [0.5, 0.6) is 0 Å². The van der Waals surface area contributed by atoms with E-state index in [0.29, 0.717) is 29.2 Å². The number of hydrogen-bond acceptors (Lipinski definition) is 2. The van der Waals surface area contributed by atoms with Gasteiger partial charge >= 0.3 is 0 Å². The average molecular weight is 317 g/mol. The van der Waals surface area contributed by atoms with Gasteiger partial charge in [0, 0.05) is 29.2 Å². The van der Waals surface area contributed by atoms with Crippen LogP contribution in [-0.4, -0.2) is 24.9 Å². The van der Waals surface area contributed by atoms with E-state index in [1.54, 1.807) is 30.3 Å². The topological polar surface area (TPSA) is 58.2 Å². The van der Waals surface area contributed by atoms with Gasteiger partial charge in [-0.05, 0) is 43.3 Å². The normalized spacial score (nSPS) is 10.1. The second kappa shape index (κ2) is 7.61. The molecule has 22 heavy (non-hydrogen) atoms. The molecule has 0 radical (unpaired) electrons. The molecule has 0 bridgehead atoms. The molecule has 5 heteroatoms. The summed E-state index contributed by atoms with van der Waals surface area (Å²) < 4.78 is 0. The first-order chi connectivity index (χ1) is 10.6. The van der Waals surface area contributed by atoms with Crippen LogP contribution in [0.2, 0.25) is 5.02 Å². The summed E-state index contributed by atoms with van der Waals surface area (Å²) in [5.41, 5.74) is 2.18. The van der Waals surface area contributed by atoms with E-state index in [1.807, 2.05) is 25.1 Å². The minimum absolute atomic E-state index is 0.149. The van der Waals surface area contributed by atoms with Gasteiger partial charge < -0.3 is 10.6 Å². The van der Waals surface area contributed by atoms with Crippen molar-refractivity contribution in [1.29, 1.82) is 0 Å².